The summed E-state index contributed by atoms with van der Waals surface area (Å²) in [5.74, 6) is 0.659. The van der Waals surface area contributed by atoms with Gasteiger partial charge in [-0.05, 0) is 43.9 Å². The Balaban J connectivity index is 1.44. The van der Waals surface area contributed by atoms with Crippen molar-refractivity contribution in [2.24, 2.45) is 5.92 Å². The summed E-state index contributed by atoms with van der Waals surface area (Å²) < 4.78 is 6.12. The molecule has 0 bridgehead atoms. The number of aryl methyl sites for hydroxylation is 1. The lowest BCUT2D eigenvalue weighted by Gasteiger charge is -2.18. The molecule has 0 radical (unpaired) electrons. The van der Waals surface area contributed by atoms with E-state index >= 15 is 0 Å². The van der Waals surface area contributed by atoms with Gasteiger partial charge < -0.3 is 4.74 Å². The van der Waals surface area contributed by atoms with E-state index in [-0.39, 0.29) is 6.10 Å². The first-order chi connectivity index (χ1) is 11.2. The average Bonchev–Trinajstić information content (AvgIpc) is 3.02. The molecular weight excluding hydrogens is 282 g/mol. The fourth-order valence-electron chi connectivity index (χ4n) is 3.25. The minimum atomic E-state index is 0.179. The van der Waals surface area contributed by atoms with Crippen molar-refractivity contribution >= 4 is 0 Å². The van der Waals surface area contributed by atoms with Gasteiger partial charge in [-0.15, -0.1) is 0 Å². The Bertz CT molecular complexity index is 593. The molecule has 0 aliphatic carbocycles. The molecule has 1 aliphatic heterocycles. The maximum absolute atomic E-state index is 6.12. The van der Waals surface area contributed by atoms with E-state index in [2.05, 4.69) is 73.3 Å². The van der Waals surface area contributed by atoms with Gasteiger partial charge in [-0.25, -0.2) is 0 Å². The molecular formula is C21H27NO. The van der Waals surface area contributed by atoms with Gasteiger partial charge in [-0.2, -0.15) is 0 Å². The summed E-state index contributed by atoms with van der Waals surface area (Å²) in [6.45, 7) is 8.53. The highest BCUT2D eigenvalue weighted by molar-refractivity contribution is 5.22. The van der Waals surface area contributed by atoms with Crippen molar-refractivity contribution in [1.29, 1.82) is 0 Å². The first-order valence-electron chi connectivity index (χ1n) is 8.65. The Kier molecular flexibility index (Phi) is 5.47. The Morgan fingerprint density at radius 3 is 2.57 bits per heavy atom. The molecule has 0 saturated carbocycles. The van der Waals surface area contributed by atoms with Gasteiger partial charge in [0.15, 0.2) is 0 Å². The number of rotatable bonds is 6. The summed E-state index contributed by atoms with van der Waals surface area (Å²) in [7, 11) is 0. The van der Waals surface area contributed by atoms with Crippen molar-refractivity contribution in [1.82, 2.24) is 4.90 Å². The molecule has 3 rings (SSSR count). The minimum absolute atomic E-state index is 0.179. The van der Waals surface area contributed by atoms with Crippen molar-refractivity contribution in [3.63, 3.8) is 0 Å². The van der Waals surface area contributed by atoms with Crippen LogP contribution in [0, 0.1) is 12.8 Å². The Morgan fingerprint density at radius 2 is 1.83 bits per heavy atom. The zero-order valence-corrected chi connectivity index (χ0v) is 14.2. The average molecular weight is 309 g/mol. The largest absolute Gasteiger partial charge is 0.373 e. The van der Waals surface area contributed by atoms with E-state index in [1.54, 1.807) is 0 Å². The van der Waals surface area contributed by atoms with Crippen molar-refractivity contribution in [3.05, 3.63) is 71.3 Å². The monoisotopic (exact) mass is 309 g/mol. The predicted molar refractivity (Wildman–Crippen MR) is 95.4 cm³/mol. The normalized spacial score (nSPS) is 19.8. The summed E-state index contributed by atoms with van der Waals surface area (Å²) in [6.07, 6.45) is 1.42. The van der Waals surface area contributed by atoms with Crippen molar-refractivity contribution in [2.45, 2.75) is 32.9 Å². The van der Waals surface area contributed by atoms with E-state index in [4.69, 9.17) is 4.74 Å². The second-order valence-corrected chi connectivity index (χ2v) is 6.76. The molecule has 122 valence electrons. The van der Waals surface area contributed by atoms with Crippen LogP contribution in [0.25, 0.3) is 0 Å². The second kappa shape index (κ2) is 7.76. The number of nitrogens with zero attached hydrogens (tertiary/aromatic N) is 1. The molecule has 1 fully saturated rings. The van der Waals surface area contributed by atoms with Gasteiger partial charge >= 0.3 is 0 Å². The molecule has 0 amide bonds. The third-order valence-corrected chi connectivity index (χ3v) is 4.75. The number of likely N-dealkylation sites (tertiary alicyclic amines) is 1. The van der Waals surface area contributed by atoms with Crippen LogP contribution in [0.3, 0.4) is 0 Å². The molecule has 2 heteroatoms. The van der Waals surface area contributed by atoms with E-state index in [0.717, 1.165) is 19.7 Å². The van der Waals surface area contributed by atoms with Crippen molar-refractivity contribution in [3.8, 4) is 0 Å². The first-order valence-corrected chi connectivity index (χ1v) is 8.65. The van der Waals surface area contributed by atoms with Gasteiger partial charge in [-0.3, -0.25) is 4.90 Å². The van der Waals surface area contributed by atoms with Crippen molar-refractivity contribution in [2.75, 3.05) is 19.7 Å². The van der Waals surface area contributed by atoms with E-state index in [1.165, 1.54) is 29.7 Å². The standard InChI is InChI=1S/C21H27NO/c1-17-8-10-21(11-9-17)18(2)23-16-20-12-13-22(15-20)14-19-6-4-3-5-7-19/h3-11,18,20H,12-16H2,1-2H3. The van der Waals surface area contributed by atoms with Gasteiger partial charge in [0, 0.05) is 13.1 Å². The van der Waals surface area contributed by atoms with Gasteiger partial charge in [0.05, 0.1) is 12.7 Å². The number of ether oxygens (including phenoxy) is 1. The van der Waals surface area contributed by atoms with Crippen LogP contribution in [0.15, 0.2) is 54.6 Å². The van der Waals surface area contributed by atoms with Crippen LogP contribution in [0.1, 0.15) is 36.1 Å². The zero-order chi connectivity index (χ0) is 16.1. The fraction of sp³-hybridized carbons (Fsp3) is 0.429. The van der Waals surface area contributed by atoms with Gasteiger partial charge in [0.1, 0.15) is 0 Å². The summed E-state index contributed by atoms with van der Waals surface area (Å²) in [5, 5.41) is 0. The maximum Gasteiger partial charge on any atom is 0.0796 e. The van der Waals surface area contributed by atoms with Crippen LogP contribution in [0.5, 0.6) is 0 Å². The van der Waals surface area contributed by atoms with E-state index in [1.807, 2.05) is 0 Å². The highest BCUT2D eigenvalue weighted by Gasteiger charge is 2.23. The van der Waals surface area contributed by atoms with Gasteiger partial charge in [0.25, 0.3) is 0 Å². The lowest BCUT2D eigenvalue weighted by Crippen LogP contribution is -2.21. The molecule has 1 heterocycles. The SMILES string of the molecule is Cc1ccc(C(C)OCC2CCN(Cc3ccccc3)C2)cc1. The molecule has 23 heavy (non-hydrogen) atoms. The molecule has 2 aromatic carbocycles. The lowest BCUT2D eigenvalue weighted by molar-refractivity contribution is 0.0410. The Morgan fingerprint density at radius 1 is 1.09 bits per heavy atom. The third kappa shape index (κ3) is 4.66. The van der Waals surface area contributed by atoms with Crippen molar-refractivity contribution < 1.29 is 4.74 Å². The molecule has 0 aromatic heterocycles. The Labute approximate surface area is 140 Å². The molecule has 2 nitrogen and oxygen atoms in total. The van der Waals surface area contributed by atoms with Crippen LogP contribution in [0.4, 0.5) is 0 Å². The van der Waals surface area contributed by atoms with E-state index in [0.29, 0.717) is 5.92 Å². The molecule has 2 atom stereocenters. The van der Waals surface area contributed by atoms with Crippen LogP contribution in [-0.2, 0) is 11.3 Å². The predicted octanol–water partition coefficient (Wildman–Crippen LogP) is 4.59. The smallest absolute Gasteiger partial charge is 0.0796 e. The quantitative estimate of drug-likeness (QED) is 0.773. The third-order valence-electron chi connectivity index (χ3n) is 4.75. The van der Waals surface area contributed by atoms with Crippen LogP contribution in [0.2, 0.25) is 0 Å². The summed E-state index contributed by atoms with van der Waals surface area (Å²) >= 11 is 0. The topological polar surface area (TPSA) is 12.5 Å². The number of hydrogen-bond donors (Lipinski definition) is 0. The molecule has 2 aromatic rings. The molecule has 1 aliphatic rings. The minimum Gasteiger partial charge on any atom is -0.373 e. The molecule has 0 spiro atoms. The lowest BCUT2D eigenvalue weighted by atomic mass is 10.1. The van der Waals surface area contributed by atoms with E-state index in [9.17, 15) is 0 Å². The Hall–Kier alpha value is -1.64. The highest BCUT2D eigenvalue weighted by atomic mass is 16.5. The zero-order valence-electron chi connectivity index (χ0n) is 14.2. The molecule has 2 unspecified atom stereocenters. The summed E-state index contributed by atoms with van der Waals surface area (Å²) in [6, 6.07) is 19.4. The summed E-state index contributed by atoms with van der Waals surface area (Å²) in [4.78, 5) is 2.54. The number of benzene rings is 2. The fourth-order valence-corrected chi connectivity index (χ4v) is 3.25. The molecule has 0 N–H and O–H groups in total. The van der Waals surface area contributed by atoms with Crippen LogP contribution < -0.4 is 0 Å². The summed E-state index contributed by atoms with van der Waals surface area (Å²) in [5.41, 5.74) is 3.98. The first kappa shape index (κ1) is 16.2. The highest BCUT2D eigenvalue weighted by Crippen LogP contribution is 2.23. The second-order valence-electron chi connectivity index (χ2n) is 6.76. The van der Waals surface area contributed by atoms with Gasteiger partial charge in [0.2, 0.25) is 0 Å². The van der Waals surface area contributed by atoms with Gasteiger partial charge in [-0.1, -0.05) is 60.2 Å². The maximum atomic E-state index is 6.12. The molecule has 1 saturated heterocycles. The van der Waals surface area contributed by atoms with Crippen LogP contribution >= 0.6 is 0 Å². The van der Waals surface area contributed by atoms with Crippen LogP contribution in [-0.4, -0.2) is 24.6 Å². The van der Waals surface area contributed by atoms with E-state index < -0.39 is 0 Å². The number of hydrogen-bond acceptors (Lipinski definition) is 2.